The van der Waals surface area contributed by atoms with E-state index in [1.807, 2.05) is 24.1 Å². The number of hydrogen-bond acceptors (Lipinski definition) is 11. The molecule has 15 heteroatoms. The molecule has 0 aliphatic carbocycles. The molecule has 2 aromatic heterocycles. The normalized spacial score (nSPS) is 23.5. The van der Waals surface area contributed by atoms with Crippen molar-refractivity contribution in [3.8, 4) is 18.1 Å². The highest BCUT2D eigenvalue weighted by atomic mass is 31.2. The first-order valence-electron chi connectivity index (χ1n) is 14.2. The summed E-state index contributed by atoms with van der Waals surface area (Å²) in [5, 5.41) is 18.0. The van der Waals surface area contributed by atoms with Gasteiger partial charge in [-0.05, 0) is 39.1 Å². The minimum atomic E-state index is -4.43. The number of aliphatic hydroxyl groups is 1. The van der Waals surface area contributed by atoms with Crippen molar-refractivity contribution in [2.45, 2.75) is 63.9 Å². The fraction of sp³-hybridized carbons (Fsp3) is 0.400. The Bertz CT molecular complexity index is 1810. The van der Waals surface area contributed by atoms with Crippen LogP contribution in [0.3, 0.4) is 0 Å². The van der Waals surface area contributed by atoms with Crippen LogP contribution >= 0.6 is 7.75 Å². The molecule has 1 aliphatic heterocycles. The summed E-state index contributed by atoms with van der Waals surface area (Å²) in [6.07, 6.45) is 1.51. The quantitative estimate of drug-likeness (QED) is 0.123. The molecule has 1 fully saturated rings. The molecule has 45 heavy (non-hydrogen) atoms. The number of benzene rings is 2. The zero-order valence-corrected chi connectivity index (χ0v) is 26.2. The van der Waals surface area contributed by atoms with Gasteiger partial charge in [-0.25, -0.2) is 23.9 Å². The molecule has 0 radical (unpaired) electrons. The van der Waals surface area contributed by atoms with Crippen molar-refractivity contribution < 1.29 is 37.4 Å². The second-order valence-electron chi connectivity index (χ2n) is 10.8. The SMILES string of the molecule is C#C[C@@]1(F)[C@H](O)[C@@H](CO[P@](=O)(N[C@@H](C)C(=O)OC(C)C)Oc2cccc3ccccc23)O[C@H]1n1cnc2c(NC)nc(C)nc21. The fourth-order valence-electron chi connectivity index (χ4n) is 4.97. The summed E-state index contributed by atoms with van der Waals surface area (Å²) < 4.78 is 54.7. The Morgan fingerprint density at radius 3 is 2.69 bits per heavy atom. The standard InChI is InChI=1S/C30H34FN6O7P/c1-7-30(31)25(38)23(43-29(30)37-16-33-24-26(32-6)34-19(5)35-27(24)37)15-41-45(40,36-18(4)28(39)42-17(2)3)44-22-14-10-12-20-11-8-9-13-21(20)22/h1,8-14,16-18,23,25,29,38H,15H2,2-6H3,(H,36,40)(H,32,34,35)/t18-,23+,25+,29+,30+,45+/m0/s1. The number of carbonyl (C=O) groups excluding carboxylic acids is 1. The van der Waals surface area contributed by atoms with Gasteiger partial charge in [0.05, 0.1) is 19.0 Å². The highest BCUT2D eigenvalue weighted by Crippen LogP contribution is 2.49. The monoisotopic (exact) mass is 640 g/mol. The van der Waals surface area contributed by atoms with Crippen LogP contribution in [0, 0.1) is 19.3 Å². The Morgan fingerprint density at radius 2 is 1.98 bits per heavy atom. The number of rotatable bonds is 11. The lowest BCUT2D eigenvalue weighted by molar-refractivity contribution is -0.149. The van der Waals surface area contributed by atoms with Gasteiger partial charge in [0.1, 0.15) is 29.8 Å². The molecular formula is C30H34FN6O7P. The van der Waals surface area contributed by atoms with E-state index >= 15 is 4.39 Å². The number of esters is 1. The van der Waals surface area contributed by atoms with Crippen molar-refractivity contribution in [3.63, 3.8) is 0 Å². The van der Waals surface area contributed by atoms with E-state index in [9.17, 15) is 14.5 Å². The lowest BCUT2D eigenvalue weighted by Crippen LogP contribution is -2.42. The molecule has 1 saturated heterocycles. The van der Waals surface area contributed by atoms with E-state index in [2.05, 4.69) is 25.4 Å². The number of aliphatic hydroxyl groups excluding tert-OH is 1. The van der Waals surface area contributed by atoms with Gasteiger partial charge in [0.15, 0.2) is 23.2 Å². The number of nitrogens with one attached hydrogen (secondary N) is 2. The Morgan fingerprint density at radius 1 is 1.24 bits per heavy atom. The van der Waals surface area contributed by atoms with E-state index in [1.165, 1.54) is 17.8 Å². The zero-order valence-electron chi connectivity index (χ0n) is 25.3. The van der Waals surface area contributed by atoms with Gasteiger partial charge in [-0.3, -0.25) is 13.9 Å². The van der Waals surface area contributed by atoms with Crippen LogP contribution in [0.2, 0.25) is 0 Å². The average Bonchev–Trinajstić information content (AvgIpc) is 3.53. The summed E-state index contributed by atoms with van der Waals surface area (Å²) in [7, 11) is -2.78. The fourth-order valence-corrected chi connectivity index (χ4v) is 6.49. The van der Waals surface area contributed by atoms with Crippen LogP contribution in [0.4, 0.5) is 10.2 Å². The summed E-state index contributed by atoms with van der Waals surface area (Å²) >= 11 is 0. The molecule has 3 heterocycles. The van der Waals surface area contributed by atoms with Crippen molar-refractivity contribution in [1.29, 1.82) is 0 Å². The third kappa shape index (κ3) is 6.36. The first-order chi connectivity index (χ1) is 21.4. The molecule has 0 saturated carbocycles. The summed E-state index contributed by atoms with van der Waals surface area (Å²) in [5.74, 6) is 2.28. The Labute approximate surface area is 259 Å². The van der Waals surface area contributed by atoms with Crippen LogP contribution in [0.5, 0.6) is 5.75 Å². The number of carbonyl (C=O) groups is 1. The van der Waals surface area contributed by atoms with Crippen molar-refractivity contribution in [1.82, 2.24) is 24.6 Å². The van der Waals surface area contributed by atoms with E-state index in [4.69, 9.17) is 24.9 Å². The molecule has 238 valence electrons. The number of terminal acetylenes is 1. The molecule has 1 aliphatic rings. The summed E-state index contributed by atoms with van der Waals surface area (Å²) in [6.45, 7) is 5.79. The molecule has 3 N–H and O–H groups in total. The number of aryl methyl sites for hydroxylation is 1. The van der Waals surface area contributed by atoms with Crippen LogP contribution in [0.25, 0.3) is 21.9 Å². The smallest absolute Gasteiger partial charge is 0.459 e. The van der Waals surface area contributed by atoms with Crippen LogP contribution in [-0.4, -0.2) is 74.3 Å². The lowest BCUT2D eigenvalue weighted by atomic mass is 9.97. The van der Waals surface area contributed by atoms with Gasteiger partial charge in [-0.15, -0.1) is 6.42 Å². The molecule has 6 atom stereocenters. The van der Waals surface area contributed by atoms with E-state index in [0.29, 0.717) is 22.5 Å². The Balaban J connectivity index is 1.44. The number of hydrogen-bond donors (Lipinski definition) is 3. The highest BCUT2D eigenvalue weighted by Gasteiger charge is 2.58. The third-order valence-corrected chi connectivity index (χ3v) is 8.75. The van der Waals surface area contributed by atoms with Crippen molar-refractivity contribution >= 4 is 41.5 Å². The maximum atomic E-state index is 16.4. The molecule has 0 unspecified atom stereocenters. The van der Waals surface area contributed by atoms with Gasteiger partial charge in [-0.1, -0.05) is 42.3 Å². The average molecular weight is 641 g/mol. The first kappa shape index (κ1) is 32.3. The third-order valence-electron chi connectivity index (χ3n) is 7.12. The molecule has 2 aromatic carbocycles. The van der Waals surface area contributed by atoms with Crippen molar-refractivity contribution in [2.24, 2.45) is 0 Å². The topological polar surface area (TPSA) is 159 Å². The van der Waals surface area contributed by atoms with Crippen LogP contribution in [0.15, 0.2) is 48.8 Å². The van der Waals surface area contributed by atoms with Crippen LogP contribution in [0.1, 0.15) is 32.8 Å². The largest absolute Gasteiger partial charge is 0.462 e. The number of halogens is 1. The molecule has 13 nitrogen and oxygen atoms in total. The van der Waals surface area contributed by atoms with Gasteiger partial charge < -0.3 is 24.4 Å². The van der Waals surface area contributed by atoms with Gasteiger partial charge in [-0.2, -0.15) is 5.09 Å². The summed E-state index contributed by atoms with van der Waals surface area (Å²) in [6, 6.07) is 11.2. The van der Waals surface area contributed by atoms with Crippen LogP contribution in [-0.2, 0) is 23.4 Å². The first-order valence-corrected chi connectivity index (χ1v) is 15.7. The second-order valence-corrected chi connectivity index (χ2v) is 12.5. The lowest BCUT2D eigenvalue weighted by Gasteiger charge is -2.25. The van der Waals surface area contributed by atoms with Gasteiger partial charge >= 0.3 is 13.7 Å². The number of ether oxygens (including phenoxy) is 2. The summed E-state index contributed by atoms with van der Waals surface area (Å²) in [5.41, 5.74) is -2.21. The minimum Gasteiger partial charge on any atom is -0.462 e. The zero-order chi connectivity index (χ0) is 32.5. The second kappa shape index (κ2) is 12.7. The molecule has 5 rings (SSSR count). The van der Waals surface area contributed by atoms with E-state index in [-0.39, 0.29) is 11.4 Å². The van der Waals surface area contributed by atoms with Gasteiger partial charge in [0.25, 0.3) is 0 Å². The molecule has 0 spiro atoms. The summed E-state index contributed by atoms with van der Waals surface area (Å²) in [4.78, 5) is 25.5. The number of imidazole rings is 1. The number of alkyl halides is 1. The van der Waals surface area contributed by atoms with Crippen molar-refractivity contribution in [2.75, 3.05) is 19.0 Å². The van der Waals surface area contributed by atoms with E-state index in [1.54, 1.807) is 52.1 Å². The number of fused-ring (bicyclic) bond motifs is 2. The number of nitrogens with zero attached hydrogens (tertiary/aromatic N) is 4. The predicted octanol–water partition coefficient (Wildman–Crippen LogP) is 4.06. The number of aromatic nitrogens is 4. The van der Waals surface area contributed by atoms with Gasteiger partial charge in [0, 0.05) is 12.4 Å². The molecule has 0 amide bonds. The molecular weight excluding hydrogens is 606 g/mol. The predicted molar refractivity (Wildman–Crippen MR) is 164 cm³/mol. The minimum absolute atomic E-state index is 0.197. The van der Waals surface area contributed by atoms with Gasteiger partial charge in [0.2, 0.25) is 5.67 Å². The van der Waals surface area contributed by atoms with Crippen LogP contribution < -0.4 is 14.9 Å². The molecule has 0 bridgehead atoms. The highest BCUT2D eigenvalue weighted by molar-refractivity contribution is 7.52. The van der Waals surface area contributed by atoms with E-state index in [0.717, 1.165) is 5.39 Å². The maximum absolute atomic E-state index is 16.4. The Hall–Kier alpha value is -4.12. The maximum Gasteiger partial charge on any atom is 0.459 e. The Kier molecular flexibility index (Phi) is 9.11. The number of anilines is 1. The van der Waals surface area contributed by atoms with E-state index < -0.39 is 56.6 Å². The molecule has 4 aromatic rings. The van der Waals surface area contributed by atoms with Crippen molar-refractivity contribution in [3.05, 3.63) is 54.6 Å².